The zero-order valence-electron chi connectivity index (χ0n) is 12.1. The van der Waals surface area contributed by atoms with Crippen molar-refractivity contribution in [2.24, 2.45) is 0 Å². The van der Waals surface area contributed by atoms with Gasteiger partial charge < -0.3 is 9.73 Å². The van der Waals surface area contributed by atoms with Gasteiger partial charge in [0.15, 0.2) is 21.3 Å². The molecule has 2 aromatic rings. The van der Waals surface area contributed by atoms with Crippen LogP contribution in [0.1, 0.15) is 25.2 Å². The number of benzene rings is 1. The number of sulfone groups is 1. The van der Waals surface area contributed by atoms with Gasteiger partial charge in [0.05, 0.1) is 11.0 Å². The Morgan fingerprint density at radius 3 is 2.90 bits per heavy atom. The SMILES string of the molecule is CNC(Cc1nc2ccccc2o1)C1CCCCS1(=O)=O. The maximum absolute atomic E-state index is 12.3. The quantitative estimate of drug-likeness (QED) is 0.934. The van der Waals surface area contributed by atoms with E-state index in [1.165, 1.54) is 0 Å². The van der Waals surface area contributed by atoms with Gasteiger partial charge >= 0.3 is 0 Å². The van der Waals surface area contributed by atoms with Crippen LogP contribution in [-0.4, -0.2) is 37.5 Å². The Labute approximate surface area is 124 Å². The van der Waals surface area contributed by atoms with Crippen LogP contribution in [-0.2, 0) is 16.3 Å². The lowest BCUT2D eigenvalue weighted by Gasteiger charge is -2.29. The molecule has 2 atom stereocenters. The van der Waals surface area contributed by atoms with Crippen molar-refractivity contribution in [2.75, 3.05) is 12.8 Å². The molecule has 0 saturated carbocycles. The number of hydrogen-bond acceptors (Lipinski definition) is 5. The van der Waals surface area contributed by atoms with E-state index in [0.717, 1.165) is 23.9 Å². The second-order valence-corrected chi connectivity index (χ2v) is 7.92. The lowest BCUT2D eigenvalue weighted by Crippen LogP contribution is -2.46. The minimum absolute atomic E-state index is 0.150. The number of rotatable bonds is 4. The highest BCUT2D eigenvalue weighted by Gasteiger charge is 2.35. The van der Waals surface area contributed by atoms with Gasteiger partial charge in [0.1, 0.15) is 5.52 Å². The summed E-state index contributed by atoms with van der Waals surface area (Å²) < 4.78 is 30.2. The number of nitrogens with zero attached hydrogens (tertiary/aromatic N) is 1. The first kappa shape index (κ1) is 14.5. The van der Waals surface area contributed by atoms with Crippen LogP contribution < -0.4 is 5.32 Å². The fraction of sp³-hybridized carbons (Fsp3) is 0.533. The Morgan fingerprint density at radius 1 is 1.38 bits per heavy atom. The molecule has 0 spiro atoms. The number of para-hydroxylation sites is 2. The van der Waals surface area contributed by atoms with Crippen molar-refractivity contribution in [3.63, 3.8) is 0 Å². The van der Waals surface area contributed by atoms with E-state index in [4.69, 9.17) is 4.42 Å². The van der Waals surface area contributed by atoms with Crippen molar-refractivity contribution < 1.29 is 12.8 Å². The summed E-state index contributed by atoms with van der Waals surface area (Å²) >= 11 is 0. The van der Waals surface area contributed by atoms with Gasteiger partial charge in [-0.25, -0.2) is 13.4 Å². The second-order valence-electron chi connectivity index (χ2n) is 5.58. The van der Waals surface area contributed by atoms with E-state index in [9.17, 15) is 8.42 Å². The van der Waals surface area contributed by atoms with Crippen LogP contribution in [0.2, 0.25) is 0 Å². The van der Waals surface area contributed by atoms with Crippen molar-refractivity contribution in [3.05, 3.63) is 30.2 Å². The van der Waals surface area contributed by atoms with Gasteiger partial charge in [-0.15, -0.1) is 0 Å². The van der Waals surface area contributed by atoms with Crippen LogP contribution in [0.4, 0.5) is 0 Å². The molecule has 2 unspecified atom stereocenters. The Bertz CT molecular complexity index is 690. The minimum Gasteiger partial charge on any atom is -0.441 e. The molecule has 1 aromatic heterocycles. The Balaban J connectivity index is 1.83. The van der Waals surface area contributed by atoms with E-state index in [1.54, 1.807) is 7.05 Å². The summed E-state index contributed by atoms with van der Waals surface area (Å²) in [5.74, 6) is 0.889. The molecule has 0 aliphatic carbocycles. The summed E-state index contributed by atoms with van der Waals surface area (Å²) in [5.41, 5.74) is 1.56. The van der Waals surface area contributed by atoms with Crippen LogP contribution in [0.3, 0.4) is 0 Å². The highest BCUT2D eigenvalue weighted by molar-refractivity contribution is 7.92. The molecule has 0 amide bonds. The summed E-state index contributed by atoms with van der Waals surface area (Å²) in [6, 6.07) is 7.43. The Morgan fingerprint density at radius 2 is 2.19 bits per heavy atom. The van der Waals surface area contributed by atoms with Crippen molar-refractivity contribution in [3.8, 4) is 0 Å². The predicted octanol–water partition coefficient (Wildman–Crippen LogP) is 1.93. The van der Waals surface area contributed by atoms with Gasteiger partial charge in [0, 0.05) is 12.5 Å². The molecule has 3 rings (SSSR count). The van der Waals surface area contributed by atoms with Crippen LogP contribution in [0, 0.1) is 0 Å². The zero-order chi connectivity index (χ0) is 14.9. The Kier molecular flexibility index (Phi) is 3.99. The first-order chi connectivity index (χ1) is 10.1. The maximum Gasteiger partial charge on any atom is 0.197 e. The normalized spacial score (nSPS) is 23.2. The molecule has 0 bridgehead atoms. The van der Waals surface area contributed by atoms with Crippen molar-refractivity contribution in [1.29, 1.82) is 0 Å². The summed E-state index contributed by atoms with van der Waals surface area (Å²) in [7, 11) is -1.21. The molecule has 114 valence electrons. The van der Waals surface area contributed by atoms with Crippen LogP contribution in [0.5, 0.6) is 0 Å². The smallest absolute Gasteiger partial charge is 0.197 e. The van der Waals surface area contributed by atoms with Crippen molar-refractivity contribution in [2.45, 2.75) is 37.0 Å². The van der Waals surface area contributed by atoms with E-state index in [2.05, 4.69) is 10.3 Å². The third kappa shape index (κ3) is 2.96. The number of hydrogen-bond donors (Lipinski definition) is 1. The van der Waals surface area contributed by atoms with Gasteiger partial charge in [0.2, 0.25) is 0 Å². The van der Waals surface area contributed by atoms with Crippen molar-refractivity contribution >= 4 is 20.9 Å². The van der Waals surface area contributed by atoms with Crippen LogP contribution in [0.25, 0.3) is 11.1 Å². The number of likely N-dealkylation sites (N-methyl/N-ethyl adjacent to an activating group) is 1. The monoisotopic (exact) mass is 308 g/mol. The number of oxazole rings is 1. The average molecular weight is 308 g/mol. The van der Waals surface area contributed by atoms with Crippen LogP contribution >= 0.6 is 0 Å². The molecule has 5 nitrogen and oxygen atoms in total. The highest BCUT2D eigenvalue weighted by Crippen LogP contribution is 2.25. The molecular weight excluding hydrogens is 288 g/mol. The molecule has 21 heavy (non-hydrogen) atoms. The second kappa shape index (κ2) is 5.77. The molecule has 1 fully saturated rings. The van der Waals surface area contributed by atoms with Gasteiger partial charge in [-0.1, -0.05) is 18.6 Å². The summed E-state index contributed by atoms with van der Waals surface area (Å²) in [5, 5.41) is 2.80. The summed E-state index contributed by atoms with van der Waals surface area (Å²) in [6.07, 6.45) is 2.96. The Hall–Kier alpha value is -1.40. The largest absolute Gasteiger partial charge is 0.441 e. The topological polar surface area (TPSA) is 72.2 Å². The number of fused-ring (bicyclic) bond motifs is 1. The highest BCUT2D eigenvalue weighted by atomic mass is 32.2. The van der Waals surface area contributed by atoms with Crippen molar-refractivity contribution in [1.82, 2.24) is 10.3 Å². The summed E-state index contributed by atoms with van der Waals surface area (Å²) in [6.45, 7) is 0. The third-order valence-corrected chi connectivity index (χ3v) is 6.53. The first-order valence-corrected chi connectivity index (χ1v) is 9.05. The molecule has 1 N–H and O–H groups in total. The van der Waals surface area contributed by atoms with Gasteiger partial charge in [0.25, 0.3) is 0 Å². The van der Waals surface area contributed by atoms with E-state index >= 15 is 0 Å². The fourth-order valence-electron chi connectivity index (χ4n) is 3.05. The standard InChI is InChI=1S/C15H20N2O3S/c1-16-12(14-8-4-5-9-21(14,18)19)10-15-17-11-6-2-3-7-13(11)20-15/h2-3,6-7,12,14,16H,4-5,8-10H2,1H3. The summed E-state index contributed by atoms with van der Waals surface area (Å²) in [4.78, 5) is 4.44. The molecule has 1 aliphatic heterocycles. The fourth-order valence-corrected chi connectivity index (χ4v) is 5.21. The third-order valence-electron chi connectivity index (χ3n) is 4.18. The van der Waals surface area contributed by atoms with E-state index in [0.29, 0.717) is 24.5 Å². The van der Waals surface area contributed by atoms with E-state index in [-0.39, 0.29) is 11.3 Å². The van der Waals surface area contributed by atoms with Gasteiger partial charge in [-0.2, -0.15) is 0 Å². The van der Waals surface area contributed by atoms with Gasteiger partial charge in [-0.05, 0) is 32.0 Å². The molecule has 2 heterocycles. The molecular formula is C15H20N2O3S. The van der Waals surface area contributed by atoms with Gasteiger partial charge in [-0.3, -0.25) is 0 Å². The molecule has 1 aromatic carbocycles. The lowest BCUT2D eigenvalue weighted by molar-refractivity contribution is 0.420. The molecule has 1 aliphatic rings. The number of nitrogens with one attached hydrogen (secondary N) is 1. The van der Waals surface area contributed by atoms with Crippen LogP contribution in [0.15, 0.2) is 28.7 Å². The first-order valence-electron chi connectivity index (χ1n) is 7.33. The number of aromatic nitrogens is 1. The maximum atomic E-state index is 12.3. The zero-order valence-corrected chi connectivity index (χ0v) is 12.9. The van der Waals surface area contributed by atoms with E-state index < -0.39 is 9.84 Å². The van der Waals surface area contributed by atoms with E-state index in [1.807, 2.05) is 24.3 Å². The average Bonchev–Trinajstić information content (AvgIpc) is 2.87. The predicted molar refractivity (Wildman–Crippen MR) is 82.0 cm³/mol. The minimum atomic E-state index is -3.02. The lowest BCUT2D eigenvalue weighted by atomic mass is 10.0. The molecule has 6 heteroatoms. The molecule has 1 saturated heterocycles. The molecule has 0 radical (unpaired) electrons.